The SMILES string of the molecule is CC(=O)N(NCc1cccc(F)c1Cl)[C@@H](CCC(=O)N1CC(C)NC(C)C1)COC(=O)Nc1cc2ccccc2cn1. The Labute approximate surface area is 249 Å². The van der Waals surface area contributed by atoms with Crippen molar-refractivity contribution in [2.24, 2.45) is 0 Å². The molecule has 1 fully saturated rings. The summed E-state index contributed by atoms with van der Waals surface area (Å²) < 4.78 is 19.5. The number of pyridine rings is 1. The fourth-order valence-corrected chi connectivity index (χ4v) is 5.28. The van der Waals surface area contributed by atoms with E-state index in [1.165, 1.54) is 24.1 Å². The monoisotopic (exact) mass is 598 g/mol. The third-order valence-electron chi connectivity index (χ3n) is 7.05. The lowest BCUT2D eigenvalue weighted by Crippen LogP contribution is -2.56. The van der Waals surface area contributed by atoms with Gasteiger partial charge in [0.05, 0.1) is 11.1 Å². The summed E-state index contributed by atoms with van der Waals surface area (Å²) in [7, 11) is 0. The van der Waals surface area contributed by atoms with Crippen molar-refractivity contribution in [3.8, 4) is 0 Å². The first-order valence-electron chi connectivity index (χ1n) is 13.9. The first-order valence-corrected chi connectivity index (χ1v) is 14.3. The molecule has 3 atom stereocenters. The number of hydrogen-bond donors (Lipinski definition) is 3. The van der Waals surface area contributed by atoms with E-state index in [0.717, 1.165) is 10.8 Å². The van der Waals surface area contributed by atoms with Crippen LogP contribution in [0.3, 0.4) is 0 Å². The summed E-state index contributed by atoms with van der Waals surface area (Å²) in [5, 5.41) is 9.10. The van der Waals surface area contributed by atoms with Crippen molar-refractivity contribution in [2.45, 2.75) is 58.3 Å². The molecule has 0 spiro atoms. The Morgan fingerprint density at radius 1 is 1.14 bits per heavy atom. The number of nitrogens with one attached hydrogen (secondary N) is 3. The molecule has 10 nitrogen and oxygen atoms in total. The van der Waals surface area contributed by atoms with Gasteiger partial charge in [-0.3, -0.25) is 19.9 Å². The zero-order valence-electron chi connectivity index (χ0n) is 23.9. The minimum Gasteiger partial charge on any atom is -0.447 e. The molecule has 3 amide bonds. The first-order chi connectivity index (χ1) is 20.1. The molecule has 42 heavy (non-hydrogen) atoms. The Morgan fingerprint density at radius 3 is 2.57 bits per heavy atom. The summed E-state index contributed by atoms with van der Waals surface area (Å²) in [6.45, 7) is 6.40. The lowest BCUT2D eigenvalue weighted by molar-refractivity contribution is -0.139. The van der Waals surface area contributed by atoms with Crippen molar-refractivity contribution in [3.05, 3.63) is 71.1 Å². The topological polar surface area (TPSA) is 116 Å². The number of anilines is 1. The molecule has 1 saturated heterocycles. The molecule has 2 heterocycles. The highest BCUT2D eigenvalue weighted by Gasteiger charge is 2.28. The number of ether oxygens (including phenoxy) is 1. The normalized spacial score (nSPS) is 17.5. The minimum atomic E-state index is -0.754. The molecule has 1 aromatic heterocycles. The summed E-state index contributed by atoms with van der Waals surface area (Å²) in [6.07, 6.45) is 1.25. The number of amides is 3. The van der Waals surface area contributed by atoms with Crippen molar-refractivity contribution in [1.29, 1.82) is 0 Å². The Kier molecular flexibility index (Phi) is 10.7. The predicted molar refractivity (Wildman–Crippen MR) is 159 cm³/mol. The van der Waals surface area contributed by atoms with E-state index < -0.39 is 18.0 Å². The molecular formula is C30H36ClFN6O4. The van der Waals surface area contributed by atoms with Gasteiger partial charge in [-0.25, -0.2) is 19.6 Å². The van der Waals surface area contributed by atoms with E-state index in [2.05, 4.69) is 21.0 Å². The Bertz CT molecular complexity index is 1420. The number of aromatic nitrogens is 1. The van der Waals surface area contributed by atoms with Crippen LogP contribution < -0.4 is 16.1 Å². The molecule has 0 aliphatic carbocycles. The highest BCUT2D eigenvalue weighted by Crippen LogP contribution is 2.20. The van der Waals surface area contributed by atoms with Crippen molar-refractivity contribution in [3.63, 3.8) is 0 Å². The summed E-state index contributed by atoms with van der Waals surface area (Å²) in [6, 6.07) is 13.4. The maximum Gasteiger partial charge on any atom is 0.412 e. The number of carbonyl (C=O) groups excluding carboxylic acids is 3. The number of benzene rings is 2. The third-order valence-corrected chi connectivity index (χ3v) is 7.47. The van der Waals surface area contributed by atoms with E-state index in [1.54, 1.807) is 23.2 Å². The molecular weight excluding hydrogens is 563 g/mol. The molecule has 224 valence electrons. The number of nitrogens with zero attached hydrogens (tertiary/aromatic N) is 3. The lowest BCUT2D eigenvalue weighted by Gasteiger charge is -2.37. The number of piperazine rings is 1. The maximum absolute atomic E-state index is 14.0. The van der Waals surface area contributed by atoms with E-state index in [4.69, 9.17) is 16.3 Å². The maximum atomic E-state index is 14.0. The van der Waals surface area contributed by atoms with Crippen LogP contribution in [0.25, 0.3) is 10.8 Å². The van der Waals surface area contributed by atoms with Crippen LogP contribution in [0.15, 0.2) is 54.7 Å². The van der Waals surface area contributed by atoms with Crippen LogP contribution >= 0.6 is 11.6 Å². The zero-order chi connectivity index (χ0) is 30.2. The quantitative estimate of drug-likeness (QED) is 0.295. The number of carbonyl (C=O) groups is 3. The Morgan fingerprint density at radius 2 is 1.86 bits per heavy atom. The average Bonchev–Trinajstić information content (AvgIpc) is 2.95. The second-order valence-corrected chi connectivity index (χ2v) is 10.9. The highest BCUT2D eigenvalue weighted by molar-refractivity contribution is 6.31. The van der Waals surface area contributed by atoms with Crippen molar-refractivity contribution in [1.82, 2.24) is 25.6 Å². The molecule has 1 aliphatic rings. The van der Waals surface area contributed by atoms with Crippen LogP contribution in [0.4, 0.5) is 15.0 Å². The fraction of sp³-hybridized carbons (Fsp3) is 0.400. The van der Waals surface area contributed by atoms with Crippen LogP contribution in [0.2, 0.25) is 5.02 Å². The Balaban J connectivity index is 1.44. The van der Waals surface area contributed by atoms with Gasteiger partial charge in [-0.1, -0.05) is 48.0 Å². The van der Waals surface area contributed by atoms with Crippen molar-refractivity contribution >= 4 is 46.1 Å². The van der Waals surface area contributed by atoms with Gasteiger partial charge in [0.15, 0.2) is 0 Å². The molecule has 4 rings (SSSR count). The Hall–Kier alpha value is -3.80. The molecule has 3 aromatic rings. The van der Waals surface area contributed by atoms with E-state index in [9.17, 15) is 18.8 Å². The van der Waals surface area contributed by atoms with Gasteiger partial charge in [-0.15, -0.1) is 0 Å². The highest BCUT2D eigenvalue weighted by atomic mass is 35.5. The second-order valence-electron chi connectivity index (χ2n) is 10.5. The fourth-order valence-electron chi connectivity index (χ4n) is 5.08. The van der Waals surface area contributed by atoms with Crippen LogP contribution in [0, 0.1) is 5.82 Å². The number of fused-ring (bicyclic) bond motifs is 1. The molecule has 0 saturated carbocycles. The number of rotatable bonds is 10. The van der Waals surface area contributed by atoms with Crippen molar-refractivity contribution in [2.75, 3.05) is 25.0 Å². The summed E-state index contributed by atoms with van der Waals surface area (Å²) in [5.74, 6) is -0.685. The van der Waals surface area contributed by atoms with Gasteiger partial charge >= 0.3 is 6.09 Å². The van der Waals surface area contributed by atoms with Gasteiger partial charge in [0, 0.05) is 56.6 Å². The van der Waals surface area contributed by atoms with Crippen LogP contribution in [-0.2, 0) is 20.9 Å². The number of hydrazine groups is 1. The van der Waals surface area contributed by atoms with Gasteiger partial charge in [0.25, 0.3) is 0 Å². The van der Waals surface area contributed by atoms with Crippen LogP contribution in [-0.4, -0.2) is 70.6 Å². The lowest BCUT2D eigenvalue weighted by atomic mass is 10.1. The number of hydrogen-bond acceptors (Lipinski definition) is 7. The van der Waals surface area contributed by atoms with Gasteiger partial charge in [0.2, 0.25) is 11.8 Å². The number of halogens is 2. The largest absolute Gasteiger partial charge is 0.447 e. The summed E-state index contributed by atoms with van der Waals surface area (Å²) >= 11 is 6.11. The third kappa shape index (κ3) is 8.37. The average molecular weight is 599 g/mol. The van der Waals surface area contributed by atoms with Crippen LogP contribution in [0.1, 0.15) is 39.2 Å². The van der Waals surface area contributed by atoms with E-state index in [0.29, 0.717) is 24.5 Å². The molecule has 0 radical (unpaired) electrons. The summed E-state index contributed by atoms with van der Waals surface area (Å²) in [5.41, 5.74) is 3.44. The summed E-state index contributed by atoms with van der Waals surface area (Å²) in [4.78, 5) is 44.6. The first kappa shape index (κ1) is 31.1. The van der Waals surface area contributed by atoms with Gasteiger partial charge < -0.3 is 15.0 Å². The standard InChI is InChI=1S/C30H36ClFN6O4/c1-19-16-37(17-20(2)35-19)28(40)12-11-25(38(21(3)39)34-15-24-9-6-10-26(32)29(24)31)18-42-30(41)36-27-13-22-7-4-5-8-23(22)14-33-27/h4-10,13-14,19-20,25,34-35H,11-12,15-18H2,1-3H3,(H,33,36,41)/t19?,20?,25-/m0/s1. The van der Waals surface area contributed by atoms with Crippen molar-refractivity contribution < 1.29 is 23.5 Å². The van der Waals surface area contributed by atoms with Gasteiger partial charge in [-0.05, 0) is 43.4 Å². The molecule has 12 heteroatoms. The van der Waals surface area contributed by atoms with Crippen LogP contribution in [0.5, 0.6) is 0 Å². The molecule has 3 N–H and O–H groups in total. The van der Waals surface area contributed by atoms with E-state index >= 15 is 0 Å². The zero-order valence-corrected chi connectivity index (χ0v) is 24.7. The molecule has 2 aromatic carbocycles. The molecule has 0 bridgehead atoms. The van der Waals surface area contributed by atoms with Gasteiger partial charge in [0.1, 0.15) is 18.2 Å². The second kappa shape index (κ2) is 14.4. The molecule has 2 unspecified atom stereocenters. The predicted octanol–water partition coefficient (Wildman–Crippen LogP) is 4.49. The van der Waals surface area contributed by atoms with Gasteiger partial charge in [-0.2, -0.15) is 0 Å². The van der Waals surface area contributed by atoms with E-state index in [-0.39, 0.29) is 54.9 Å². The minimum absolute atomic E-state index is 0.0423. The smallest absolute Gasteiger partial charge is 0.412 e. The molecule has 1 aliphatic heterocycles. The van der Waals surface area contributed by atoms with E-state index in [1.807, 2.05) is 38.1 Å².